The third-order valence-corrected chi connectivity index (χ3v) is 2.82. The van der Waals surface area contributed by atoms with E-state index in [1.807, 2.05) is 6.92 Å². The molecule has 1 aromatic carbocycles. The molecule has 0 saturated heterocycles. The molecule has 3 nitrogen and oxygen atoms in total. The smallest absolute Gasteiger partial charge is 0.221 e. The van der Waals surface area contributed by atoms with Crippen molar-refractivity contribution in [3.05, 3.63) is 28.0 Å². The lowest BCUT2D eigenvalue weighted by Crippen LogP contribution is -2.20. The normalized spacial score (nSPS) is 10.0. The lowest BCUT2D eigenvalue weighted by Gasteiger charge is -2.10. The molecular formula is C11H14BrFN2O. The van der Waals surface area contributed by atoms with Crippen LogP contribution in [0, 0.1) is 12.7 Å². The zero-order valence-corrected chi connectivity index (χ0v) is 10.8. The molecule has 0 aliphatic rings. The first-order valence-corrected chi connectivity index (χ1v) is 5.74. The highest BCUT2D eigenvalue weighted by atomic mass is 79.9. The van der Waals surface area contributed by atoms with E-state index in [0.717, 1.165) is 11.3 Å². The number of aryl methyl sites for hydroxylation is 1. The van der Waals surface area contributed by atoms with Gasteiger partial charge < -0.3 is 10.6 Å². The Morgan fingerprint density at radius 1 is 1.50 bits per heavy atom. The molecule has 0 unspecified atom stereocenters. The lowest BCUT2D eigenvalue weighted by atomic mass is 10.2. The van der Waals surface area contributed by atoms with Gasteiger partial charge in [-0.25, -0.2) is 4.39 Å². The number of halogens is 2. The average Bonchev–Trinajstić information content (AvgIpc) is 2.25. The van der Waals surface area contributed by atoms with Gasteiger partial charge >= 0.3 is 0 Å². The van der Waals surface area contributed by atoms with E-state index in [9.17, 15) is 9.18 Å². The van der Waals surface area contributed by atoms with Crippen molar-refractivity contribution in [2.45, 2.75) is 13.3 Å². The molecule has 0 aromatic heterocycles. The van der Waals surface area contributed by atoms with Crippen LogP contribution in [0.15, 0.2) is 16.6 Å². The van der Waals surface area contributed by atoms with Crippen LogP contribution in [0.4, 0.5) is 10.1 Å². The molecule has 0 radical (unpaired) electrons. The molecular weight excluding hydrogens is 275 g/mol. The second kappa shape index (κ2) is 5.84. The van der Waals surface area contributed by atoms with Crippen molar-refractivity contribution in [3.63, 3.8) is 0 Å². The zero-order valence-electron chi connectivity index (χ0n) is 9.23. The van der Waals surface area contributed by atoms with E-state index in [1.54, 1.807) is 13.1 Å². The molecule has 1 rings (SSSR count). The van der Waals surface area contributed by atoms with Crippen molar-refractivity contribution in [1.29, 1.82) is 0 Å². The van der Waals surface area contributed by atoms with Crippen LogP contribution in [0.25, 0.3) is 0 Å². The highest BCUT2D eigenvalue weighted by molar-refractivity contribution is 9.10. The van der Waals surface area contributed by atoms with Crippen molar-refractivity contribution in [2.24, 2.45) is 0 Å². The van der Waals surface area contributed by atoms with Crippen molar-refractivity contribution in [2.75, 3.05) is 18.9 Å². The fourth-order valence-electron chi connectivity index (χ4n) is 1.27. The van der Waals surface area contributed by atoms with Gasteiger partial charge in [0.25, 0.3) is 0 Å². The highest BCUT2D eigenvalue weighted by Gasteiger charge is 2.05. The Morgan fingerprint density at radius 3 is 2.81 bits per heavy atom. The van der Waals surface area contributed by atoms with Gasteiger partial charge in [-0.05, 0) is 40.5 Å². The summed E-state index contributed by atoms with van der Waals surface area (Å²) in [5.74, 6) is -0.305. The van der Waals surface area contributed by atoms with E-state index in [1.165, 1.54) is 6.07 Å². The summed E-state index contributed by atoms with van der Waals surface area (Å²) in [6, 6.07) is 3.13. The Hall–Kier alpha value is -1.10. The molecule has 88 valence electrons. The summed E-state index contributed by atoms with van der Waals surface area (Å²) in [6.45, 7) is 2.34. The molecule has 0 saturated carbocycles. The van der Waals surface area contributed by atoms with Crippen molar-refractivity contribution in [3.8, 4) is 0 Å². The largest absolute Gasteiger partial charge is 0.384 e. The standard InChI is InChI=1S/C11H14BrFN2O/c1-7-5-9(13)8(12)6-10(7)15-4-3-11(16)14-2/h5-6,15H,3-4H2,1-2H3,(H,14,16). The number of rotatable bonds is 4. The molecule has 0 bridgehead atoms. The first-order chi connectivity index (χ1) is 7.54. The zero-order chi connectivity index (χ0) is 12.1. The fraction of sp³-hybridized carbons (Fsp3) is 0.364. The molecule has 0 aliphatic carbocycles. The van der Waals surface area contributed by atoms with Gasteiger partial charge in [0, 0.05) is 25.7 Å². The minimum atomic E-state index is -0.283. The minimum absolute atomic E-state index is 0.0219. The summed E-state index contributed by atoms with van der Waals surface area (Å²) in [5.41, 5.74) is 1.65. The highest BCUT2D eigenvalue weighted by Crippen LogP contribution is 2.24. The predicted octanol–water partition coefficient (Wildman–Crippen LogP) is 2.44. The quantitative estimate of drug-likeness (QED) is 0.894. The molecule has 0 aliphatic heterocycles. The van der Waals surface area contributed by atoms with Gasteiger partial charge in [0.1, 0.15) is 5.82 Å². The van der Waals surface area contributed by atoms with Gasteiger partial charge in [-0.1, -0.05) is 0 Å². The number of carbonyl (C=O) groups is 1. The maximum Gasteiger partial charge on any atom is 0.221 e. The van der Waals surface area contributed by atoms with E-state index in [2.05, 4.69) is 26.6 Å². The molecule has 0 fully saturated rings. The molecule has 0 heterocycles. The Balaban J connectivity index is 2.60. The average molecular weight is 289 g/mol. The lowest BCUT2D eigenvalue weighted by molar-refractivity contribution is -0.120. The number of benzene rings is 1. The summed E-state index contributed by atoms with van der Waals surface area (Å²) in [4.78, 5) is 11.0. The molecule has 16 heavy (non-hydrogen) atoms. The number of carbonyl (C=O) groups excluding carboxylic acids is 1. The van der Waals surface area contributed by atoms with Crippen LogP contribution in [-0.2, 0) is 4.79 Å². The monoisotopic (exact) mass is 288 g/mol. The summed E-state index contributed by atoms with van der Waals surface area (Å²) >= 11 is 3.12. The second-order valence-electron chi connectivity index (χ2n) is 3.43. The van der Waals surface area contributed by atoms with Crippen LogP contribution >= 0.6 is 15.9 Å². The molecule has 0 spiro atoms. The van der Waals surface area contributed by atoms with E-state index < -0.39 is 0 Å². The molecule has 0 atom stereocenters. The SMILES string of the molecule is CNC(=O)CCNc1cc(Br)c(F)cc1C. The number of nitrogens with one attached hydrogen (secondary N) is 2. The van der Waals surface area contributed by atoms with Gasteiger partial charge in [0.15, 0.2) is 0 Å². The van der Waals surface area contributed by atoms with Crippen LogP contribution in [-0.4, -0.2) is 19.5 Å². The van der Waals surface area contributed by atoms with E-state index in [0.29, 0.717) is 17.4 Å². The third kappa shape index (κ3) is 3.48. The Morgan fingerprint density at radius 2 is 2.19 bits per heavy atom. The summed E-state index contributed by atoms with van der Waals surface area (Å²) in [7, 11) is 1.60. The van der Waals surface area contributed by atoms with Gasteiger partial charge in [-0.2, -0.15) is 0 Å². The van der Waals surface area contributed by atoms with E-state index in [-0.39, 0.29) is 11.7 Å². The minimum Gasteiger partial charge on any atom is -0.384 e. The van der Waals surface area contributed by atoms with Crippen molar-refractivity contribution < 1.29 is 9.18 Å². The maximum atomic E-state index is 13.1. The fourth-order valence-corrected chi connectivity index (χ4v) is 1.62. The number of amides is 1. The number of hydrogen-bond acceptors (Lipinski definition) is 2. The van der Waals surface area contributed by atoms with Crippen LogP contribution < -0.4 is 10.6 Å². The Labute approximate surface area is 103 Å². The predicted molar refractivity (Wildman–Crippen MR) is 66.0 cm³/mol. The third-order valence-electron chi connectivity index (χ3n) is 2.21. The molecule has 1 aromatic rings. The Bertz CT molecular complexity index is 396. The Kier molecular flexibility index (Phi) is 4.73. The van der Waals surface area contributed by atoms with Crippen LogP contribution in [0.5, 0.6) is 0 Å². The van der Waals surface area contributed by atoms with E-state index >= 15 is 0 Å². The van der Waals surface area contributed by atoms with Gasteiger partial charge in [-0.15, -0.1) is 0 Å². The van der Waals surface area contributed by atoms with Crippen LogP contribution in [0.1, 0.15) is 12.0 Å². The summed E-state index contributed by atoms with van der Waals surface area (Å²) < 4.78 is 13.5. The van der Waals surface area contributed by atoms with Gasteiger partial charge in [0.05, 0.1) is 4.47 Å². The maximum absolute atomic E-state index is 13.1. The summed E-state index contributed by atoms with van der Waals surface area (Å²) in [6.07, 6.45) is 0.394. The van der Waals surface area contributed by atoms with Crippen LogP contribution in [0.2, 0.25) is 0 Å². The second-order valence-corrected chi connectivity index (χ2v) is 4.29. The van der Waals surface area contributed by atoms with Gasteiger partial charge in [0.2, 0.25) is 5.91 Å². The summed E-state index contributed by atoms with van der Waals surface area (Å²) in [5, 5.41) is 5.63. The van der Waals surface area contributed by atoms with Crippen LogP contribution in [0.3, 0.4) is 0 Å². The van der Waals surface area contributed by atoms with Gasteiger partial charge in [-0.3, -0.25) is 4.79 Å². The first-order valence-electron chi connectivity index (χ1n) is 4.94. The van der Waals surface area contributed by atoms with Crippen molar-refractivity contribution >= 4 is 27.5 Å². The molecule has 5 heteroatoms. The topological polar surface area (TPSA) is 41.1 Å². The van der Waals surface area contributed by atoms with Crippen molar-refractivity contribution in [1.82, 2.24) is 5.32 Å². The number of hydrogen-bond donors (Lipinski definition) is 2. The number of anilines is 1. The van der Waals surface area contributed by atoms with E-state index in [4.69, 9.17) is 0 Å². The first kappa shape index (κ1) is 13.0. The molecule has 1 amide bonds. The molecule has 2 N–H and O–H groups in total.